The lowest BCUT2D eigenvalue weighted by atomic mass is 9.91. The Balaban J connectivity index is 1.58. The minimum Gasteiger partial charge on any atom is -0.492 e. The zero-order chi connectivity index (χ0) is 40.1. The number of anilines is 2. The maximum absolute atomic E-state index is 15.1. The van der Waals surface area contributed by atoms with Crippen LogP contribution in [0.1, 0.15) is 89.2 Å². The number of aromatic amines is 1. The van der Waals surface area contributed by atoms with Crippen LogP contribution in [0.25, 0.3) is 11.3 Å². The third-order valence-corrected chi connectivity index (χ3v) is 9.32. The van der Waals surface area contributed by atoms with E-state index in [0.717, 1.165) is 17.7 Å². The normalized spacial score (nSPS) is 17.5. The largest absolute Gasteiger partial charge is 0.492 e. The van der Waals surface area contributed by atoms with Crippen molar-refractivity contribution in [1.29, 1.82) is 0 Å². The van der Waals surface area contributed by atoms with Crippen molar-refractivity contribution >= 4 is 29.5 Å². The lowest BCUT2D eigenvalue weighted by Crippen LogP contribution is -2.46. The number of para-hydroxylation sites is 1. The highest BCUT2D eigenvalue weighted by atomic mass is 19.1. The third kappa shape index (κ3) is 10.1. The number of rotatable bonds is 12. The smallest absolute Gasteiger partial charge is 0.417 e. The number of likely N-dealkylation sites (tertiary alicyclic amines) is 1. The highest BCUT2D eigenvalue weighted by Crippen LogP contribution is 2.46. The predicted octanol–water partition coefficient (Wildman–Crippen LogP) is 7.87. The molecule has 3 amide bonds. The summed E-state index contributed by atoms with van der Waals surface area (Å²) in [5.74, 6) is -1.24. The molecule has 0 saturated carbocycles. The van der Waals surface area contributed by atoms with Gasteiger partial charge in [-0.25, -0.2) is 18.9 Å². The van der Waals surface area contributed by atoms with Gasteiger partial charge >= 0.3 is 12.2 Å². The van der Waals surface area contributed by atoms with Crippen molar-refractivity contribution in [2.75, 3.05) is 52.9 Å². The lowest BCUT2D eigenvalue weighted by molar-refractivity contribution is -0.107. The van der Waals surface area contributed by atoms with Crippen molar-refractivity contribution in [2.24, 2.45) is 5.92 Å². The van der Waals surface area contributed by atoms with Crippen LogP contribution in [0.15, 0.2) is 36.7 Å². The van der Waals surface area contributed by atoms with Gasteiger partial charge in [-0.15, -0.1) is 0 Å². The van der Waals surface area contributed by atoms with Crippen LogP contribution >= 0.6 is 0 Å². The van der Waals surface area contributed by atoms with Gasteiger partial charge in [0.1, 0.15) is 17.0 Å². The van der Waals surface area contributed by atoms with Crippen molar-refractivity contribution in [3.8, 4) is 22.8 Å². The molecular formula is C40H54FN5O9. The number of imide groups is 1. The second-order valence-corrected chi connectivity index (χ2v) is 15.8. The number of carbonyl (C=O) groups excluding carboxylic acids is 3. The molecule has 2 aromatic heterocycles. The molecule has 0 spiro atoms. The molecule has 14 nitrogen and oxygen atoms in total. The number of nitrogens with zero attached hydrogens (tertiary/aromatic N) is 3. The van der Waals surface area contributed by atoms with Crippen LogP contribution in [0.5, 0.6) is 11.5 Å². The summed E-state index contributed by atoms with van der Waals surface area (Å²) in [6, 6.07) is 6.19. The van der Waals surface area contributed by atoms with Crippen LogP contribution in [-0.2, 0) is 18.9 Å². The summed E-state index contributed by atoms with van der Waals surface area (Å²) in [4.78, 5) is 51.7. The van der Waals surface area contributed by atoms with Gasteiger partial charge in [0.15, 0.2) is 17.9 Å². The second kappa shape index (κ2) is 17.3. The summed E-state index contributed by atoms with van der Waals surface area (Å²) in [5.41, 5.74) is 0.808. The van der Waals surface area contributed by atoms with Crippen molar-refractivity contribution in [3.05, 3.63) is 53.7 Å². The maximum Gasteiger partial charge on any atom is 0.417 e. The molecule has 55 heavy (non-hydrogen) atoms. The van der Waals surface area contributed by atoms with Gasteiger partial charge in [-0.05, 0) is 85.4 Å². The molecule has 3 aromatic rings. The number of benzene rings is 1. The Kier molecular flexibility index (Phi) is 13.0. The number of H-pyrrole nitrogens is 1. The molecule has 2 aliphatic heterocycles. The topological polar surface area (TPSA) is 154 Å². The summed E-state index contributed by atoms with van der Waals surface area (Å²) in [6.07, 6.45) is 4.08. The van der Waals surface area contributed by atoms with Crippen LogP contribution in [0.4, 0.5) is 25.4 Å². The second-order valence-electron chi connectivity index (χ2n) is 15.8. The molecule has 0 aliphatic carbocycles. The van der Waals surface area contributed by atoms with E-state index in [1.807, 2.05) is 20.8 Å². The number of hydrogen-bond donors (Lipinski definition) is 2. The van der Waals surface area contributed by atoms with E-state index in [0.29, 0.717) is 48.6 Å². The van der Waals surface area contributed by atoms with E-state index < -0.39 is 41.2 Å². The average Bonchev–Trinajstić information content (AvgIpc) is 3.50. The van der Waals surface area contributed by atoms with Crippen molar-refractivity contribution in [3.63, 3.8) is 0 Å². The van der Waals surface area contributed by atoms with E-state index in [4.69, 9.17) is 28.4 Å². The molecule has 0 radical (unpaired) electrons. The fourth-order valence-corrected chi connectivity index (χ4v) is 6.84. The molecule has 1 fully saturated rings. The van der Waals surface area contributed by atoms with E-state index >= 15 is 4.39 Å². The summed E-state index contributed by atoms with van der Waals surface area (Å²) < 4.78 is 49.2. The number of amides is 3. The summed E-state index contributed by atoms with van der Waals surface area (Å²) in [5, 5.41) is 3.28. The standard InChI is InChI=1S/C40H54FN5O9/c1-39(2,3)54-37(48)45-19-11-12-24(21-45)23-53-29-20-42-18-17-26(29)33-34(43-28-14-10-13-27(41)35(28)52-9)31-32(44-33)25(15-16-30(50-7)51-8)22-46(36(31)47)38(49)55-40(4,5)6/h10,13-14,17-18,20,24-25,30,43-44H,11-12,15-16,19,21-23H2,1-9H3. The van der Waals surface area contributed by atoms with Crippen LogP contribution < -0.4 is 14.8 Å². The van der Waals surface area contributed by atoms with Crippen LogP contribution in [0.3, 0.4) is 0 Å². The van der Waals surface area contributed by atoms with Gasteiger partial charge in [0.05, 0.1) is 42.5 Å². The number of fused-ring (bicyclic) bond motifs is 1. The monoisotopic (exact) mass is 767 g/mol. The molecule has 300 valence electrons. The number of hydrogen-bond acceptors (Lipinski definition) is 11. The van der Waals surface area contributed by atoms with Gasteiger partial charge in [0, 0.05) is 63.1 Å². The van der Waals surface area contributed by atoms with Crippen LogP contribution in [0.2, 0.25) is 0 Å². The van der Waals surface area contributed by atoms with Crippen molar-refractivity contribution in [1.82, 2.24) is 19.8 Å². The van der Waals surface area contributed by atoms with Crippen LogP contribution in [-0.4, -0.2) is 103 Å². The number of piperidine rings is 1. The number of halogens is 1. The van der Waals surface area contributed by atoms with Gasteiger partial charge in [0.25, 0.3) is 5.91 Å². The number of pyridine rings is 1. The Morgan fingerprint density at radius 2 is 1.73 bits per heavy atom. The Labute approximate surface area is 321 Å². The number of carbonyl (C=O) groups is 3. The summed E-state index contributed by atoms with van der Waals surface area (Å²) >= 11 is 0. The van der Waals surface area contributed by atoms with Gasteiger partial charge < -0.3 is 43.6 Å². The molecule has 2 unspecified atom stereocenters. The van der Waals surface area contributed by atoms with Gasteiger partial charge in [-0.2, -0.15) is 0 Å². The highest BCUT2D eigenvalue weighted by molar-refractivity contribution is 6.11. The lowest BCUT2D eigenvalue weighted by Gasteiger charge is -2.34. The first-order chi connectivity index (χ1) is 26.0. The minimum absolute atomic E-state index is 0.0168. The fraction of sp³-hybridized carbons (Fsp3) is 0.550. The molecule has 15 heteroatoms. The SMILES string of the molecule is COc1c(F)cccc1Nc1c(-c2ccncc2OCC2CCCN(C(=O)OC(C)(C)C)C2)[nH]c2c1C(=O)N(C(=O)OC(C)(C)C)CC2CCC(OC)OC. The van der Waals surface area contributed by atoms with Gasteiger partial charge in [-0.3, -0.25) is 9.78 Å². The number of aromatic nitrogens is 2. The molecular weight excluding hydrogens is 713 g/mol. The first-order valence-corrected chi connectivity index (χ1v) is 18.5. The molecule has 2 aliphatic rings. The van der Waals surface area contributed by atoms with E-state index in [9.17, 15) is 14.4 Å². The third-order valence-electron chi connectivity index (χ3n) is 9.32. The number of methoxy groups -OCH3 is 3. The number of ether oxygens (including phenoxy) is 6. The Bertz CT molecular complexity index is 1830. The summed E-state index contributed by atoms with van der Waals surface area (Å²) in [7, 11) is 4.45. The molecule has 0 bridgehead atoms. The molecule has 4 heterocycles. The molecule has 5 rings (SSSR count). The average molecular weight is 768 g/mol. The van der Waals surface area contributed by atoms with E-state index in [2.05, 4.69) is 15.3 Å². The molecule has 1 saturated heterocycles. The molecule has 1 aromatic carbocycles. The molecule has 2 N–H and O–H groups in total. The summed E-state index contributed by atoms with van der Waals surface area (Å²) in [6.45, 7) is 12.1. The number of nitrogens with one attached hydrogen (secondary N) is 2. The first-order valence-electron chi connectivity index (χ1n) is 18.5. The zero-order valence-corrected chi connectivity index (χ0v) is 33.2. The Morgan fingerprint density at radius 3 is 2.40 bits per heavy atom. The van der Waals surface area contributed by atoms with Crippen molar-refractivity contribution in [2.45, 2.75) is 90.6 Å². The van der Waals surface area contributed by atoms with E-state index in [1.54, 1.807) is 64.4 Å². The predicted molar refractivity (Wildman–Crippen MR) is 203 cm³/mol. The van der Waals surface area contributed by atoms with E-state index in [1.165, 1.54) is 19.2 Å². The highest BCUT2D eigenvalue weighted by Gasteiger charge is 2.42. The quantitative estimate of drug-likeness (QED) is 0.173. The van der Waals surface area contributed by atoms with Crippen LogP contribution in [0, 0.1) is 11.7 Å². The molecule has 2 atom stereocenters. The Hall–Kier alpha value is -4.89. The first kappa shape index (κ1) is 41.3. The maximum atomic E-state index is 15.1. The van der Waals surface area contributed by atoms with Gasteiger partial charge in [0.2, 0.25) is 0 Å². The van der Waals surface area contributed by atoms with E-state index in [-0.39, 0.29) is 47.9 Å². The van der Waals surface area contributed by atoms with Gasteiger partial charge in [-0.1, -0.05) is 6.07 Å². The fourth-order valence-electron chi connectivity index (χ4n) is 6.84. The minimum atomic E-state index is -0.866. The Morgan fingerprint density at radius 1 is 1.02 bits per heavy atom. The van der Waals surface area contributed by atoms with Crippen molar-refractivity contribution < 1.29 is 47.2 Å². The zero-order valence-electron chi connectivity index (χ0n) is 33.2.